The van der Waals surface area contributed by atoms with E-state index in [1.165, 1.54) is 12.1 Å². The zero-order valence-electron chi connectivity index (χ0n) is 23.5. The van der Waals surface area contributed by atoms with Gasteiger partial charge in [-0.1, -0.05) is 72.3 Å². The number of fused-ring (bicyclic) bond motifs is 2. The number of nitrogens with zero attached hydrogens (tertiary/aromatic N) is 2. The second-order valence-electron chi connectivity index (χ2n) is 10.3. The summed E-state index contributed by atoms with van der Waals surface area (Å²) >= 11 is 0. The largest absolute Gasteiger partial charge is 0.491 e. The molecule has 0 aliphatic heterocycles. The summed E-state index contributed by atoms with van der Waals surface area (Å²) in [7, 11) is -7.97. The lowest BCUT2D eigenvalue weighted by molar-refractivity contribution is 0.221. The van der Waals surface area contributed by atoms with Crippen molar-refractivity contribution in [2.24, 2.45) is 0 Å². The summed E-state index contributed by atoms with van der Waals surface area (Å²) in [6, 6.07) is 24.1. The summed E-state index contributed by atoms with van der Waals surface area (Å²) in [6.45, 7) is 2.01. The summed E-state index contributed by atoms with van der Waals surface area (Å²) in [5.41, 5.74) is 2.64. The first-order chi connectivity index (χ1) is 20.7. The van der Waals surface area contributed by atoms with Gasteiger partial charge in [0.1, 0.15) is 19.0 Å². The molecule has 1 heterocycles. The Kier molecular flexibility index (Phi) is 7.91. The molecule has 0 saturated heterocycles. The van der Waals surface area contributed by atoms with E-state index in [0.29, 0.717) is 28.6 Å². The molecule has 0 fully saturated rings. The first-order valence-corrected chi connectivity index (χ1v) is 16.8. The highest BCUT2D eigenvalue weighted by molar-refractivity contribution is 7.91. The van der Waals surface area contributed by atoms with Crippen LogP contribution in [-0.2, 0) is 30.7 Å². The van der Waals surface area contributed by atoms with E-state index in [-0.39, 0.29) is 28.0 Å². The van der Waals surface area contributed by atoms with Gasteiger partial charge >= 0.3 is 0 Å². The average molecular weight is 615 g/mol. The van der Waals surface area contributed by atoms with Gasteiger partial charge in [-0.2, -0.15) is 13.5 Å². The van der Waals surface area contributed by atoms with E-state index >= 15 is 0 Å². The fourth-order valence-corrected chi connectivity index (χ4v) is 7.60. The Morgan fingerprint density at radius 3 is 2.42 bits per heavy atom. The van der Waals surface area contributed by atoms with E-state index in [0.717, 1.165) is 29.4 Å². The van der Waals surface area contributed by atoms with Crippen molar-refractivity contribution in [1.82, 2.24) is 9.78 Å². The summed E-state index contributed by atoms with van der Waals surface area (Å²) < 4.78 is 66.1. The first-order valence-electron chi connectivity index (χ1n) is 13.9. The molecule has 0 saturated carbocycles. The maximum atomic E-state index is 14.2. The fraction of sp³-hybridized carbons (Fsp3) is 0.182. The van der Waals surface area contributed by atoms with Gasteiger partial charge < -0.3 is 4.74 Å². The number of rotatable bonds is 10. The van der Waals surface area contributed by atoms with Crippen LogP contribution in [0.1, 0.15) is 18.4 Å². The molecule has 0 amide bonds. The number of hydrogen-bond acceptors (Lipinski definition) is 7. The van der Waals surface area contributed by atoms with Crippen molar-refractivity contribution in [1.29, 1.82) is 0 Å². The van der Waals surface area contributed by atoms with Crippen LogP contribution in [0.3, 0.4) is 0 Å². The quantitative estimate of drug-likeness (QED) is 0.133. The Hall–Kier alpha value is -4.25. The van der Waals surface area contributed by atoms with Crippen LogP contribution < -0.4 is 4.74 Å². The molecule has 1 aromatic heterocycles. The van der Waals surface area contributed by atoms with Crippen LogP contribution in [0.5, 0.6) is 5.75 Å². The van der Waals surface area contributed by atoms with Crippen molar-refractivity contribution in [3.05, 3.63) is 114 Å². The lowest BCUT2D eigenvalue weighted by Gasteiger charge is -2.10. The maximum Gasteiger partial charge on any atom is 0.297 e. The number of allylic oxidation sites excluding steroid dienone is 4. The van der Waals surface area contributed by atoms with Crippen LogP contribution in [0.15, 0.2) is 124 Å². The van der Waals surface area contributed by atoms with Crippen LogP contribution in [0.4, 0.5) is 0 Å². The Morgan fingerprint density at radius 1 is 0.837 bits per heavy atom. The molecule has 0 N–H and O–H groups in total. The Labute approximate surface area is 250 Å². The minimum Gasteiger partial charge on any atom is -0.491 e. The second kappa shape index (κ2) is 11.8. The fourth-order valence-electron chi connectivity index (χ4n) is 5.11. The van der Waals surface area contributed by atoms with E-state index in [1.54, 1.807) is 53.2 Å². The van der Waals surface area contributed by atoms with Crippen molar-refractivity contribution >= 4 is 41.6 Å². The van der Waals surface area contributed by atoms with Crippen molar-refractivity contribution < 1.29 is 25.8 Å². The van der Waals surface area contributed by atoms with E-state index in [2.05, 4.69) is 17.3 Å². The molecular formula is C33H30N2O6S2. The predicted molar refractivity (Wildman–Crippen MR) is 165 cm³/mol. The van der Waals surface area contributed by atoms with Crippen molar-refractivity contribution in [3.63, 3.8) is 0 Å². The van der Waals surface area contributed by atoms with Crippen molar-refractivity contribution in [2.45, 2.75) is 41.1 Å². The number of ether oxygens (including phenoxy) is 1. The van der Waals surface area contributed by atoms with Crippen LogP contribution in [0.25, 0.3) is 21.7 Å². The minimum atomic E-state index is -4.04. The van der Waals surface area contributed by atoms with Gasteiger partial charge in [0, 0.05) is 10.8 Å². The van der Waals surface area contributed by atoms with E-state index in [4.69, 9.17) is 8.92 Å². The minimum absolute atomic E-state index is 0.0617. The molecule has 6 rings (SSSR count). The standard InChI is InChI=1S/C33H30N2O6S2/c1-24-14-17-28(18-15-24)43(38,39)41-21-20-40-27-16-19-31-30(22-27)33(34-35(31)23-25-8-3-2-4-9-25)42(36,37)32-13-7-11-26-10-5-6-12-29(26)32/h3,5-19,22H,2,4,20-21,23H2,1H3. The smallest absolute Gasteiger partial charge is 0.297 e. The molecular weight excluding hydrogens is 585 g/mol. The lowest BCUT2D eigenvalue weighted by Crippen LogP contribution is -2.13. The predicted octanol–water partition coefficient (Wildman–Crippen LogP) is 6.39. The van der Waals surface area contributed by atoms with Gasteiger partial charge in [-0.05, 0) is 67.1 Å². The molecule has 8 nitrogen and oxygen atoms in total. The summed E-state index contributed by atoms with van der Waals surface area (Å²) in [6.07, 6.45) is 8.17. The van der Waals surface area contributed by atoms with E-state index < -0.39 is 20.0 Å². The van der Waals surface area contributed by atoms with Gasteiger partial charge in [-0.25, -0.2) is 8.42 Å². The van der Waals surface area contributed by atoms with Gasteiger partial charge in [0.25, 0.3) is 10.1 Å². The molecule has 0 atom stereocenters. The third-order valence-electron chi connectivity index (χ3n) is 7.29. The molecule has 0 radical (unpaired) electrons. The van der Waals surface area contributed by atoms with Crippen molar-refractivity contribution in [3.8, 4) is 5.75 Å². The highest BCUT2D eigenvalue weighted by atomic mass is 32.2. The van der Waals surface area contributed by atoms with Gasteiger partial charge in [0.15, 0.2) is 5.03 Å². The second-order valence-corrected chi connectivity index (χ2v) is 13.8. The monoisotopic (exact) mass is 614 g/mol. The van der Waals surface area contributed by atoms with Crippen LogP contribution in [0, 0.1) is 6.92 Å². The van der Waals surface area contributed by atoms with Gasteiger partial charge in [-0.3, -0.25) is 8.86 Å². The third-order valence-corrected chi connectivity index (χ3v) is 10.4. The van der Waals surface area contributed by atoms with Crippen molar-refractivity contribution in [2.75, 3.05) is 13.2 Å². The number of sulfone groups is 1. The Morgan fingerprint density at radius 2 is 1.63 bits per heavy atom. The van der Waals surface area contributed by atoms with Crippen LogP contribution >= 0.6 is 0 Å². The third kappa shape index (κ3) is 5.99. The van der Waals surface area contributed by atoms with E-state index in [9.17, 15) is 16.8 Å². The Balaban J connectivity index is 1.32. The molecule has 0 unspecified atom stereocenters. The molecule has 5 aromatic rings. The first kappa shape index (κ1) is 28.9. The van der Waals surface area contributed by atoms with Gasteiger partial charge in [0.05, 0.1) is 21.9 Å². The number of hydrogen-bond donors (Lipinski definition) is 0. The SMILES string of the molecule is Cc1ccc(S(=O)(=O)OCCOc2ccc3c(c2)c(S(=O)(=O)c2cccc4ccccc24)nn3CC2=CCCC=C2)cc1. The molecule has 1 aliphatic carbocycles. The van der Waals surface area contributed by atoms with Crippen LogP contribution in [-0.4, -0.2) is 39.8 Å². The average Bonchev–Trinajstić information content (AvgIpc) is 3.38. The molecule has 1 aliphatic rings. The lowest BCUT2D eigenvalue weighted by atomic mass is 10.1. The topological polar surface area (TPSA) is 105 Å². The summed E-state index contributed by atoms with van der Waals surface area (Å²) in [5, 5.41) is 6.42. The Bertz CT molecular complexity index is 2090. The maximum absolute atomic E-state index is 14.2. The number of benzene rings is 4. The summed E-state index contributed by atoms with van der Waals surface area (Å²) in [4.78, 5) is 0.244. The zero-order valence-corrected chi connectivity index (χ0v) is 25.1. The summed E-state index contributed by atoms with van der Waals surface area (Å²) in [5.74, 6) is 0.370. The van der Waals surface area contributed by atoms with Gasteiger partial charge in [-0.15, -0.1) is 0 Å². The van der Waals surface area contributed by atoms with Crippen LogP contribution in [0.2, 0.25) is 0 Å². The molecule has 0 bridgehead atoms. The number of aryl methyl sites for hydroxylation is 1. The highest BCUT2D eigenvalue weighted by Gasteiger charge is 2.28. The zero-order chi connectivity index (χ0) is 30.0. The molecule has 220 valence electrons. The molecule has 43 heavy (non-hydrogen) atoms. The number of aromatic nitrogens is 2. The highest BCUT2D eigenvalue weighted by Crippen LogP contribution is 2.34. The normalized spacial score (nSPS) is 13.8. The molecule has 10 heteroatoms. The molecule has 0 spiro atoms. The molecule has 4 aromatic carbocycles. The van der Waals surface area contributed by atoms with E-state index in [1.807, 2.05) is 37.3 Å². The van der Waals surface area contributed by atoms with Gasteiger partial charge in [0.2, 0.25) is 9.84 Å².